The van der Waals surface area contributed by atoms with Gasteiger partial charge in [0, 0.05) is 24.4 Å². The van der Waals surface area contributed by atoms with E-state index in [9.17, 15) is 18.5 Å². The number of ether oxygens (including phenoxy) is 1. The number of anilines is 1. The Kier molecular flexibility index (Phi) is 6.68. The summed E-state index contributed by atoms with van der Waals surface area (Å²) in [6.07, 6.45) is 0. The molecule has 27 heavy (non-hydrogen) atoms. The first-order valence-electron chi connectivity index (χ1n) is 7.77. The molecule has 0 atom stereocenters. The van der Waals surface area contributed by atoms with Gasteiger partial charge in [-0.3, -0.25) is 15.1 Å². The second-order valence-corrected chi connectivity index (χ2v) is 7.04. The van der Waals surface area contributed by atoms with Crippen LogP contribution in [0.2, 0.25) is 0 Å². The van der Waals surface area contributed by atoms with Crippen molar-refractivity contribution in [3.05, 3.63) is 58.6 Å². The quantitative estimate of drug-likeness (QED) is 0.201. The Balaban J connectivity index is 1.89. The number of sulfonamides is 1. The van der Waals surface area contributed by atoms with E-state index in [2.05, 4.69) is 15.0 Å². The highest BCUT2D eigenvalue weighted by Gasteiger charge is 2.16. The lowest BCUT2D eigenvalue weighted by Crippen LogP contribution is -2.28. The number of benzene rings is 2. The van der Waals surface area contributed by atoms with Gasteiger partial charge in [0.15, 0.2) is 5.96 Å². The van der Waals surface area contributed by atoms with Crippen molar-refractivity contribution < 1.29 is 18.1 Å². The molecule has 0 bridgehead atoms. The summed E-state index contributed by atoms with van der Waals surface area (Å²) in [5, 5.41) is 13.6. The van der Waals surface area contributed by atoms with Gasteiger partial charge in [-0.2, -0.15) is 0 Å². The Bertz CT molecular complexity index is 928. The molecule has 0 heterocycles. The molecule has 144 valence electrons. The fourth-order valence-corrected chi connectivity index (χ4v) is 3.13. The summed E-state index contributed by atoms with van der Waals surface area (Å²) in [4.78, 5) is 13.9. The van der Waals surface area contributed by atoms with Crippen LogP contribution < -0.4 is 20.5 Å². The number of hydrogen-bond donors (Lipinski definition) is 3. The van der Waals surface area contributed by atoms with Crippen molar-refractivity contribution in [1.82, 2.24) is 4.72 Å². The maximum absolute atomic E-state index is 12.2. The minimum absolute atomic E-state index is 0.0178. The summed E-state index contributed by atoms with van der Waals surface area (Å²) < 4.78 is 31.7. The molecule has 2 rings (SSSR count). The average molecular weight is 393 g/mol. The third kappa shape index (κ3) is 5.94. The lowest BCUT2D eigenvalue weighted by atomic mass is 10.3. The van der Waals surface area contributed by atoms with Gasteiger partial charge in [0.05, 0.1) is 23.5 Å². The van der Waals surface area contributed by atoms with Gasteiger partial charge in [0.1, 0.15) is 5.75 Å². The van der Waals surface area contributed by atoms with E-state index in [0.29, 0.717) is 11.4 Å². The molecule has 2 aromatic carbocycles. The number of methoxy groups -OCH3 is 1. The molecule has 0 aliphatic rings. The van der Waals surface area contributed by atoms with Crippen molar-refractivity contribution >= 4 is 27.4 Å². The number of nitro benzene ring substituents is 1. The number of rotatable bonds is 8. The van der Waals surface area contributed by atoms with Crippen molar-refractivity contribution in [1.29, 1.82) is 0 Å². The standard InChI is InChI=1S/C16H19N5O5S/c1-26-14-7-5-12(6-8-14)20-16(17)18-9-10-19-27(24,25)15-4-2-3-13(11-15)21(22)23/h2-8,11,19H,9-10H2,1H3,(H3,17,18,20). The summed E-state index contributed by atoms with van der Waals surface area (Å²) >= 11 is 0. The minimum atomic E-state index is -3.88. The fourth-order valence-electron chi connectivity index (χ4n) is 2.07. The molecule has 0 aromatic heterocycles. The van der Waals surface area contributed by atoms with Crippen molar-refractivity contribution in [3.8, 4) is 5.75 Å². The van der Waals surface area contributed by atoms with Gasteiger partial charge in [0.2, 0.25) is 10.0 Å². The van der Waals surface area contributed by atoms with Crippen molar-refractivity contribution in [3.63, 3.8) is 0 Å². The molecule has 0 aliphatic carbocycles. The van der Waals surface area contributed by atoms with E-state index < -0.39 is 14.9 Å². The highest BCUT2D eigenvalue weighted by atomic mass is 32.2. The molecule has 11 heteroatoms. The number of non-ortho nitro benzene ring substituents is 1. The minimum Gasteiger partial charge on any atom is -0.497 e. The first-order valence-corrected chi connectivity index (χ1v) is 9.25. The molecule has 10 nitrogen and oxygen atoms in total. The molecule has 2 aromatic rings. The predicted octanol–water partition coefficient (Wildman–Crippen LogP) is 1.31. The lowest BCUT2D eigenvalue weighted by molar-refractivity contribution is -0.385. The topological polar surface area (TPSA) is 149 Å². The van der Waals surface area contributed by atoms with Gasteiger partial charge in [-0.25, -0.2) is 13.1 Å². The summed E-state index contributed by atoms with van der Waals surface area (Å²) in [7, 11) is -2.32. The van der Waals surface area contributed by atoms with Crippen LogP contribution in [0, 0.1) is 10.1 Å². The summed E-state index contributed by atoms with van der Waals surface area (Å²) in [6, 6.07) is 11.8. The highest BCUT2D eigenvalue weighted by molar-refractivity contribution is 7.89. The number of aliphatic imine (C=N–C) groups is 1. The third-order valence-corrected chi connectivity index (χ3v) is 4.85. The number of nitrogens with zero attached hydrogens (tertiary/aromatic N) is 2. The zero-order chi connectivity index (χ0) is 19.9. The number of nitro groups is 1. The van der Waals surface area contributed by atoms with Crippen molar-refractivity contribution in [2.45, 2.75) is 4.90 Å². The van der Waals surface area contributed by atoms with Crippen LogP contribution in [0.4, 0.5) is 11.4 Å². The number of nitrogens with one attached hydrogen (secondary N) is 2. The monoisotopic (exact) mass is 393 g/mol. The van der Waals surface area contributed by atoms with Gasteiger partial charge in [-0.05, 0) is 30.3 Å². The normalized spacial score (nSPS) is 11.8. The summed E-state index contributed by atoms with van der Waals surface area (Å²) in [5.74, 6) is 0.821. The molecule has 0 fully saturated rings. The van der Waals surface area contributed by atoms with Crippen LogP contribution in [0.5, 0.6) is 5.75 Å². The van der Waals surface area contributed by atoms with Crippen LogP contribution in [-0.4, -0.2) is 39.5 Å². The summed E-state index contributed by atoms with van der Waals surface area (Å²) in [6.45, 7) is 0.0686. The maximum Gasteiger partial charge on any atom is 0.270 e. The Morgan fingerprint density at radius 3 is 2.59 bits per heavy atom. The molecule has 4 N–H and O–H groups in total. The Morgan fingerprint density at radius 2 is 1.96 bits per heavy atom. The molecule has 0 unspecified atom stereocenters. The fraction of sp³-hybridized carbons (Fsp3) is 0.188. The molecule has 0 saturated heterocycles. The van der Waals surface area contributed by atoms with Gasteiger partial charge >= 0.3 is 0 Å². The van der Waals surface area contributed by atoms with Crippen LogP contribution in [0.15, 0.2) is 58.4 Å². The van der Waals surface area contributed by atoms with Gasteiger partial charge in [-0.1, -0.05) is 6.07 Å². The molecule has 0 saturated carbocycles. The third-order valence-electron chi connectivity index (χ3n) is 3.39. The molecule has 0 amide bonds. The SMILES string of the molecule is COc1ccc(NC(N)=NCCNS(=O)(=O)c2cccc([N+](=O)[O-])c2)cc1. The Hall–Kier alpha value is -3.18. The van der Waals surface area contributed by atoms with E-state index in [1.165, 1.54) is 18.2 Å². The zero-order valence-corrected chi connectivity index (χ0v) is 15.3. The van der Waals surface area contributed by atoms with Crippen LogP contribution in [0.3, 0.4) is 0 Å². The van der Waals surface area contributed by atoms with Crippen LogP contribution >= 0.6 is 0 Å². The molecule has 0 radical (unpaired) electrons. The van der Waals surface area contributed by atoms with E-state index in [1.54, 1.807) is 31.4 Å². The first-order chi connectivity index (χ1) is 12.8. The van der Waals surface area contributed by atoms with Crippen LogP contribution in [0.1, 0.15) is 0 Å². The van der Waals surface area contributed by atoms with Gasteiger partial charge in [0.25, 0.3) is 5.69 Å². The smallest absolute Gasteiger partial charge is 0.270 e. The molecule has 0 aliphatic heterocycles. The van der Waals surface area contributed by atoms with Crippen LogP contribution in [-0.2, 0) is 10.0 Å². The Morgan fingerprint density at radius 1 is 1.26 bits per heavy atom. The maximum atomic E-state index is 12.2. The molecule has 0 spiro atoms. The second-order valence-electron chi connectivity index (χ2n) is 5.27. The van der Waals surface area contributed by atoms with Crippen molar-refractivity contribution in [2.24, 2.45) is 10.7 Å². The van der Waals surface area contributed by atoms with Crippen molar-refractivity contribution in [2.75, 3.05) is 25.5 Å². The van der Waals surface area contributed by atoms with E-state index in [1.807, 2.05) is 0 Å². The average Bonchev–Trinajstić information content (AvgIpc) is 2.66. The van der Waals surface area contributed by atoms with Gasteiger partial charge in [-0.15, -0.1) is 0 Å². The summed E-state index contributed by atoms with van der Waals surface area (Å²) in [5.41, 5.74) is 6.15. The van der Waals surface area contributed by atoms with E-state index in [-0.39, 0.29) is 29.6 Å². The zero-order valence-electron chi connectivity index (χ0n) is 14.5. The largest absolute Gasteiger partial charge is 0.497 e. The molecular formula is C16H19N5O5S. The molecular weight excluding hydrogens is 374 g/mol. The highest BCUT2D eigenvalue weighted by Crippen LogP contribution is 2.17. The second kappa shape index (κ2) is 8.96. The predicted molar refractivity (Wildman–Crippen MR) is 101 cm³/mol. The van der Waals surface area contributed by atoms with Crippen LogP contribution in [0.25, 0.3) is 0 Å². The number of guanidine groups is 1. The first kappa shape index (κ1) is 20.1. The number of hydrogen-bond acceptors (Lipinski definition) is 6. The lowest BCUT2D eigenvalue weighted by Gasteiger charge is -2.08. The Labute approximate surface area is 156 Å². The number of nitrogens with two attached hydrogens (primary N) is 1. The van der Waals surface area contributed by atoms with E-state index in [0.717, 1.165) is 6.07 Å². The van der Waals surface area contributed by atoms with E-state index in [4.69, 9.17) is 10.5 Å². The van der Waals surface area contributed by atoms with E-state index >= 15 is 0 Å². The van der Waals surface area contributed by atoms with Gasteiger partial charge < -0.3 is 15.8 Å².